The number of aromatic amines is 1. The van der Waals surface area contributed by atoms with Crippen LogP contribution in [0.3, 0.4) is 0 Å². The molecule has 0 fully saturated rings. The first-order chi connectivity index (χ1) is 8.97. The molecule has 0 aliphatic carbocycles. The number of nitrogens with zero attached hydrogens (tertiary/aromatic N) is 1. The van der Waals surface area contributed by atoms with E-state index in [4.69, 9.17) is 0 Å². The third-order valence-electron chi connectivity index (χ3n) is 2.58. The normalized spacial score (nSPS) is 10.2. The minimum atomic E-state index is -0.584. The number of benzene rings is 1. The molecule has 2 rings (SSSR count). The largest absolute Gasteiger partial charge is 0.508 e. The van der Waals surface area contributed by atoms with E-state index in [0.717, 1.165) is 12.3 Å². The van der Waals surface area contributed by atoms with Gasteiger partial charge in [-0.2, -0.15) is 0 Å². The summed E-state index contributed by atoms with van der Waals surface area (Å²) >= 11 is 0. The Kier molecular flexibility index (Phi) is 3.19. The Labute approximate surface area is 108 Å². The molecule has 98 valence electrons. The van der Waals surface area contributed by atoms with Crippen molar-refractivity contribution in [2.24, 2.45) is 0 Å². The van der Waals surface area contributed by atoms with Gasteiger partial charge in [0, 0.05) is 11.8 Å². The summed E-state index contributed by atoms with van der Waals surface area (Å²) in [5.74, 6) is -0.382. The fourth-order valence-corrected chi connectivity index (χ4v) is 1.60. The number of carbonyl (C=O) groups is 1. The van der Waals surface area contributed by atoms with Gasteiger partial charge in [-0.1, -0.05) is 0 Å². The molecule has 0 bridgehead atoms. The lowest BCUT2D eigenvalue weighted by molar-refractivity contribution is -0.384. The van der Waals surface area contributed by atoms with Crippen molar-refractivity contribution >= 4 is 17.3 Å². The van der Waals surface area contributed by atoms with E-state index >= 15 is 0 Å². The molecule has 19 heavy (non-hydrogen) atoms. The molecule has 0 radical (unpaired) electrons. The molecular formula is C12H11N3O4. The molecular weight excluding hydrogens is 250 g/mol. The molecule has 0 aliphatic rings. The van der Waals surface area contributed by atoms with Gasteiger partial charge in [-0.15, -0.1) is 0 Å². The number of phenols is 1. The van der Waals surface area contributed by atoms with Gasteiger partial charge in [0.25, 0.3) is 11.6 Å². The number of phenolic OH excluding ortho intramolecular Hbond substituents is 1. The fourth-order valence-electron chi connectivity index (χ4n) is 1.60. The van der Waals surface area contributed by atoms with Crippen LogP contribution in [0.2, 0.25) is 0 Å². The maximum Gasteiger partial charge on any atom is 0.287 e. The Balaban J connectivity index is 2.18. The second-order valence-corrected chi connectivity index (χ2v) is 3.98. The van der Waals surface area contributed by atoms with E-state index in [1.165, 1.54) is 12.1 Å². The summed E-state index contributed by atoms with van der Waals surface area (Å²) in [6, 6.07) is 5.66. The molecule has 3 N–H and O–H groups in total. The van der Waals surface area contributed by atoms with Crippen molar-refractivity contribution in [3.63, 3.8) is 0 Å². The summed E-state index contributed by atoms with van der Waals surface area (Å²) in [5.41, 5.74) is 1.14. The first-order valence-corrected chi connectivity index (χ1v) is 5.41. The number of H-pyrrole nitrogens is 1. The Morgan fingerprint density at radius 2 is 2.16 bits per heavy atom. The number of carbonyl (C=O) groups excluding carboxylic acids is 1. The number of anilines is 1. The van der Waals surface area contributed by atoms with Crippen LogP contribution < -0.4 is 5.32 Å². The Bertz CT molecular complexity index is 648. The number of rotatable bonds is 3. The molecule has 0 spiro atoms. The van der Waals surface area contributed by atoms with Crippen LogP contribution in [0.25, 0.3) is 0 Å². The van der Waals surface area contributed by atoms with Crippen LogP contribution in [0.1, 0.15) is 16.1 Å². The molecule has 2 aromatic rings. The van der Waals surface area contributed by atoms with E-state index in [0.29, 0.717) is 11.3 Å². The van der Waals surface area contributed by atoms with Crippen LogP contribution in [0.4, 0.5) is 11.4 Å². The number of amides is 1. The van der Waals surface area contributed by atoms with Gasteiger partial charge in [-0.05, 0) is 30.7 Å². The van der Waals surface area contributed by atoms with E-state index in [2.05, 4.69) is 10.3 Å². The van der Waals surface area contributed by atoms with Gasteiger partial charge in [-0.25, -0.2) is 0 Å². The van der Waals surface area contributed by atoms with Crippen molar-refractivity contribution in [2.75, 3.05) is 5.32 Å². The lowest BCUT2D eigenvalue weighted by Gasteiger charge is -2.07. The smallest absolute Gasteiger partial charge is 0.287 e. The minimum absolute atomic E-state index is 0.0965. The zero-order chi connectivity index (χ0) is 14.0. The average molecular weight is 261 g/mol. The molecule has 0 atom stereocenters. The third-order valence-corrected chi connectivity index (χ3v) is 2.58. The number of aromatic nitrogens is 1. The van der Waals surface area contributed by atoms with Gasteiger partial charge >= 0.3 is 0 Å². The van der Waals surface area contributed by atoms with Crippen molar-refractivity contribution in [3.05, 3.63) is 51.8 Å². The third kappa shape index (κ3) is 2.71. The van der Waals surface area contributed by atoms with Crippen molar-refractivity contribution in [1.29, 1.82) is 0 Å². The second kappa shape index (κ2) is 4.81. The van der Waals surface area contributed by atoms with Gasteiger partial charge in [0.05, 0.1) is 11.1 Å². The van der Waals surface area contributed by atoms with Gasteiger partial charge < -0.3 is 15.4 Å². The Morgan fingerprint density at radius 1 is 1.42 bits per heavy atom. The zero-order valence-electron chi connectivity index (χ0n) is 10.0. The first kappa shape index (κ1) is 12.6. The van der Waals surface area contributed by atoms with Crippen LogP contribution in [0, 0.1) is 17.0 Å². The topological polar surface area (TPSA) is 108 Å². The zero-order valence-corrected chi connectivity index (χ0v) is 10.0. The van der Waals surface area contributed by atoms with Crippen molar-refractivity contribution in [2.45, 2.75) is 6.92 Å². The maximum atomic E-state index is 11.9. The lowest BCUT2D eigenvalue weighted by Crippen LogP contribution is -2.12. The van der Waals surface area contributed by atoms with Crippen LogP contribution in [0.5, 0.6) is 5.75 Å². The Hall–Kier alpha value is -2.83. The summed E-state index contributed by atoms with van der Waals surface area (Å²) in [4.78, 5) is 24.3. The van der Waals surface area contributed by atoms with Gasteiger partial charge in [0.15, 0.2) is 0 Å². The number of aryl methyl sites for hydroxylation is 1. The Morgan fingerprint density at radius 3 is 2.74 bits per heavy atom. The minimum Gasteiger partial charge on any atom is -0.508 e. The molecule has 1 aromatic heterocycles. The van der Waals surface area contributed by atoms with Gasteiger partial charge in [0.1, 0.15) is 11.4 Å². The van der Waals surface area contributed by atoms with E-state index in [9.17, 15) is 20.0 Å². The van der Waals surface area contributed by atoms with Crippen LogP contribution in [-0.2, 0) is 0 Å². The fraction of sp³-hybridized carbons (Fsp3) is 0.0833. The predicted octanol–water partition coefficient (Wildman–Crippen LogP) is 2.19. The van der Waals surface area contributed by atoms with E-state index in [1.54, 1.807) is 13.0 Å². The molecule has 0 saturated heterocycles. The van der Waals surface area contributed by atoms with Crippen LogP contribution in [0.15, 0.2) is 30.5 Å². The average Bonchev–Trinajstić information content (AvgIpc) is 2.82. The van der Waals surface area contributed by atoms with Crippen LogP contribution in [-0.4, -0.2) is 20.9 Å². The number of hydrogen-bond donors (Lipinski definition) is 3. The molecule has 7 nitrogen and oxygen atoms in total. The maximum absolute atomic E-state index is 11.9. The highest BCUT2D eigenvalue weighted by molar-refractivity contribution is 6.03. The monoisotopic (exact) mass is 261 g/mol. The highest BCUT2D eigenvalue weighted by atomic mass is 16.6. The number of hydrogen-bond acceptors (Lipinski definition) is 4. The van der Waals surface area contributed by atoms with Crippen LogP contribution >= 0.6 is 0 Å². The number of nitrogens with one attached hydrogen (secondary N) is 2. The highest BCUT2D eigenvalue weighted by Gasteiger charge is 2.15. The summed E-state index contributed by atoms with van der Waals surface area (Å²) in [5, 5.41) is 22.4. The number of aromatic hydroxyl groups is 1. The van der Waals surface area contributed by atoms with E-state index in [-0.39, 0.29) is 17.1 Å². The van der Waals surface area contributed by atoms with E-state index in [1.807, 2.05) is 0 Å². The summed E-state index contributed by atoms with van der Waals surface area (Å²) in [6.45, 7) is 1.73. The summed E-state index contributed by atoms with van der Waals surface area (Å²) < 4.78 is 0. The molecule has 0 unspecified atom stereocenters. The molecule has 7 heteroatoms. The van der Waals surface area contributed by atoms with Gasteiger partial charge in [-0.3, -0.25) is 14.9 Å². The van der Waals surface area contributed by atoms with Crippen molar-refractivity contribution < 1.29 is 14.8 Å². The standard InChI is InChI=1S/C12H11N3O4/c1-7-4-9(16)2-3-10(7)14-12(17)11-5-8(6-13-11)15(18)19/h2-6,13,16H,1H3,(H,14,17). The van der Waals surface area contributed by atoms with E-state index < -0.39 is 10.8 Å². The van der Waals surface area contributed by atoms with Crippen molar-refractivity contribution in [1.82, 2.24) is 4.98 Å². The SMILES string of the molecule is Cc1cc(O)ccc1NC(=O)c1cc([N+](=O)[O-])c[nH]1. The highest BCUT2D eigenvalue weighted by Crippen LogP contribution is 2.21. The van der Waals surface area contributed by atoms with Crippen molar-refractivity contribution in [3.8, 4) is 5.75 Å². The molecule has 1 heterocycles. The quantitative estimate of drug-likeness (QED) is 0.447. The molecule has 1 amide bonds. The number of nitro groups is 1. The predicted molar refractivity (Wildman–Crippen MR) is 68.2 cm³/mol. The van der Waals surface area contributed by atoms with Gasteiger partial charge in [0.2, 0.25) is 0 Å². The second-order valence-electron chi connectivity index (χ2n) is 3.98. The molecule has 1 aromatic carbocycles. The first-order valence-electron chi connectivity index (χ1n) is 5.41. The summed E-state index contributed by atoms with van der Waals surface area (Å²) in [7, 11) is 0. The summed E-state index contributed by atoms with van der Waals surface area (Å²) in [6.07, 6.45) is 1.15. The molecule has 0 saturated carbocycles. The molecule has 0 aliphatic heterocycles. The lowest BCUT2D eigenvalue weighted by atomic mass is 10.2.